The zero-order chi connectivity index (χ0) is 17.5. The molecule has 2 aromatic heterocycles. The first kappa shape index (κ1) is 16.4. The smallest absolute Gasteiger partial charge is 0.339 e. The summed E-state index contributed by atoms with van der Waals surface area (Å²) in [6, 6.07) is 12.7. The molecule has 0 bridgehead atoms. The maximum Gasteiger partial charge on any atom is 0.339 e. The number of para-hydroxylation sites is 1. The highest BCUT2D eigenvalue weighted by molar-refractivity contribution is 5.96. The van der Waals surface area contributed by atoms with Gasteiger partial charge in [-0.1, -0.05) is 18.2 Å². The number of nitrogens with one attached hydrogen (secondary N) is 2. The molecule has 0 spiro atoms. The molecule has 0 aliphatic carbocycles. The van der Waals surface area contributed by atoms with Crippen LogP contribution in [0.3, 0.4) is 0 Å². The lowest BCUT2D eigenvalue weighted by Crippen LogP contribution is -2.08. The van der Waals surface area contributed by atoms with E-state index in [9.17, 15) is 4.79 Å². The predicted octanol–water partition coefficient (Wildman–Crippen LogP) is 3.01. The minimum absolute atomic E-state index is 0.382. The molecule has 0 aliphatic heterocycles. The highest BCUT2D eigenvalue weighted by Gasteiger charge is 2.12. The SMILES string of the molecule is COC(=O)c1ccccc1Nc1nccc(NCc2cccnc2)n1. The summed E-state index contributed by atoms with van der Waals surface area (Å²) in [4.78, 5) is 24.5. The van der Waals surface area contributed by atoms with Crippen LogP contribution in [-0.4, -0.2) is 28.0 Å². The number of ether oxygens (including phenoxy) is 1. The Kier molecular flexibility index (Phi) is 5.16. The Labute approximate surface area is 145 Å². The number of esters is 1. The van der Waals surface area contributed by atoms with Gasteiger partial charge in [0, 0.05) is 25.1 Å². The molecule has 3 rings (SSSR count). The average molecular weight is 335 g/mol. The lowest BCUT2D eigenvalue weighted by Gasteiger charge is -2.11. The van der Waals surface area contributed by atoms with Crippen molar-refractivity contribution in [2.45, 2.75) is 6.54 Å². The van der Waals surface area contributed by atoms with E-state index in [-0.39, 0.29) is 0 Å². The van der Waals surface area contributed by atoms with Gasteiger partial charge in [0.05, 0.1) is 18.4 Å². The predicted molar refractivity (Wildman–Crippen MR) is 94.7 cm³/mol. The highest BCUT2D eigenvalue weighted by Crippen LogP contribution is 2.20. The molecule has 0 radical (unpaired) electrons. The van der Waals surface area contributed by atoms with Crippen molar-refractivity contribution >= 4 is 23.4 Å². The van der Waals surface area contributed by atoms with E-state index < -0.39 is 5.97 Å². The second kappa shape index (κ2) is 7.87. The number of nitrogens with zero attached hydrogens (tertiary/aromatic N) is 3. The van der Waals surface area contributed by atoms with E-state index in [2.05, 4.69) is 25.6 Å². The zero-order valence-corrected chi connectivity index (χ0v) is 13.6. The number of anilines is 3. The third-order valence-electron chi connectivity index (χ3n) is 3.43. The molecule has 0 atom stereocenters. The minimum atomic E-state index is -0.422. The Balaban J connectivity index is 1.73. The fourth-order valence-electron chi connectivity index (χ4n) is 2.21. The molecule has 0 amide bonds. The van der Waals surface area contributed by atoms with E-state index in [0.29, 0.717) is 29.6 Å². The Morgan fingerprint density at radius 1 is 1.12 bits per heavy atom. The first-order chi connectivity index (χ1) is 12.3. The zero-order valence-electron chi connectivity index (χ0n) is 13.6. The quantitative estimate of drug-likeness (QED) is 0.669. The van der Waals surface area contributed by atoms with E-state index in [0.717, 1.165) is 5.56 Å². The summed E-state index contributed by atoms with van der Waals surface area (Å²) in [6.07, 6.45) is 5.16. The lowest BCUT2D eigenvalue weighted by molar-refractivity contribution is 0.0602. The molecule has 3 aromatic rings. The van der Waals surface area contributed by atoms with Crippen molar-refractivity contribution in [2.75, 3.05) is 17.7 Å². The molecular weight excluding hydrogens is 318 g/mol. The maximum absolute atomic E-state index is 11.8. The number of hydrogen-bond donors (Lipinski definition) is 2. The summed E-state index contributed by atoms with van der Waals surface area (Å²) in [5.74, 6) is 0.624. The van der Waals surface area contributed by atoms with Crippen molar-refractivity contribution in [1.29, 1.82) is 0 Å². The van der Waals surface area contributed by atoms with E-state index in [1.165, 1.54) is 7.11 Å². The number of rotatable bonds is 6. The number of aromatic nitrogens is 3. The Morgan fingerprint density at radius 3 is 2.80 bits per heavy atom. The topological polar surface area (TPSA) is 89.0 Å². The van der Waals surface area contributed by atoms with Gasteiger partial charge in [0.2, 0.25) is 5.95 Å². The lowest BCUT2D eigenvalue weighted by atomic mass is 10.2. The van der Waals surface area contributed by atoms with Crippen LogP contribution < -0.4 is 10.6 Å². The van der Waals surface area contributed by atoms with Gasteiger partial charge in [-0.05, 0) is 29.8 Å². The Morgan fingerprint density at radius 2 is 2.00 bits per heavy atom. The summed E-state index contributed by atoms with van der Waals surface area (Å²) in [7, 11) is 1.35. The minimum Gasteiger partial charge on any atom is -0.465 e. The Bertz CT molecular complexity index is 855. The second-order valence-corrected chi connectivity index (χ2v) is 5.14. The van der Waals surface area contributed by atoms with Gasteiger partial charge in [0.25, 0.3) is 0 Å². The van der Waals surface area contributed by atoms with Gasteiger partial charge in [-0.25, -0.2) is 9.78 Å². The molecule has 7 nitrogen and oxygen atoms in total. The van der Waals surface area contributed by atoms with Crippen molar-refractivity contribution in [1.82, 2.24) is 15.0 Å². The molecule has 0 unspecified atom stereocenters. The molecule has 126 valence electrons. The van der Waals surface area contributed by atoms with Crippen molar-refractivity contribution in [2.24, 2.45) is 0 Å². The van der Waals surface area contributed by atoms with Crippen LogP contribution in [-0.2, 0) is 11.3 Å². The van der Waals surface area contributed by atoms with Gasteiger partial charge in [-0.2, -0.15) is 4.98 Å². The largest absolute Gasteiger partial charge is 0.465 e. The maximum atomic E-state index is 11.8. The van der Waals surface area contributed by atoms with Crippen LogP contribution in [0.15, 0.2) is 61.1 Å². The van der Waals surface area contributed by atoms with Crippen molar-refractivity contribution in [3.05, 3.63) is 72.2 Å². The second-order valence-electron chi connectivity index (χ2n) is 5.14. The van der Waals surface area contributed by atoms with Crippen molar-refractivity contribution in [3.8, 4) is 0 Å². The molecule has 0 aliphatic rings. The molecule has 7 heteroatoms. The van der Waals surface area contributed by atoms with Crippen LogP contribution in [0.1, 0.15) is 15.9 Å². The number of carbonyl (C=O) groups excluding carboxylic acids is 1. The Hall–Kier alpha value is -3.48. The van der Waals surface area contributed by atoms with Gasteiger partial charge in [-0.3, -0.25) is 4.98 Å². The first-order valence-electron chi connectivity index (χ1n) is 7.66. The van der Waals surface area contributed by atoms with Crippen LogP contribution in [0, 0.1) is 0 Å². The van der Waals surface area contributed by atoms with Crippen molar-refractivity contribution < 1.29 is 9.53 Å². The summed E-state index contributed by atoms with van der Waals surface area (Å²) >= 11 is 0. The standard InChI is InChI=1S/C18H17N5O2/c1-25-17(24)14-6-2-3-7-15(14)22-18-20-10-8-16(23-18)21-12-13-5-4-9-19-11-13/h2-11H,12H2,1H3,(H2,20,21,22,23). The summed E-state index contributed by atoms with van der Waals surface area (Å²) in [6.45, 7) is 0.600. The summed E-state index contributed by atoms with van der Waals surface area (Å²) < 4.78 is 4.79. The van der Waals surface area contributed by atoms with Gasteiger partial charge >= 0.3 is 5.97 Å². The number of methoxy groups -OCH3 is 1. The molecule has 0 saturated heterocycles. The van der Waals surface area contributed by atoms with Gasteiger partial charge in [0.1, 0.15) is 5.82 Å². The fourth-order valence-corrected chi connectivity index (χ4v) is 2.21. The first-order valence-corrected chi connectivity index (χ1v) is 7.66. The number of pyridine rings is 1. The monoisotopic (exact) mass is 335 g/mol. The van der Waals surface area contributed by atoms with Gasteiger partial charge < -0.3 is 15.4 Å². The molecule has 0 saturated carbocycles. The van der Waals surface area contributed by atoms with Gasteiger partial charge in [0.15, 0.2) is 0 Å². The molecule has 0 fully saturated rings. The molecule has 1 aromatic carbocycles. The van der Waals surface area contributed by atoms with Crippen molar-refractivity contribution in [3.63, 3.8) is 0 Å². The van der Waals surface area contributed by atoms with Crippen LogP contribution in [0.4, 0.5) is 17.5 Å². The van der Waals surface area contributed by atoms with Crippen LogP contribution >= 0.6 is 0 Å². The van der Waals surface area contributed by atoms with E-state index >= 15 is 0 Å². The number of benzene rings is 1. The molecule has 2 N–H and O–H groups in total. The molecule has 25 heavy (non-hydrogen) atoms. The van der Waals surface area contributed by atoms with E-state index in [1.54, 1.807) is 42.9 Å². The number of carbonyl (C=O) groups is 1. The summed E-state index contributed by atoms with van der Waals surface area (Å²) in [5, 5.41) is 6.26. The fraction of sp³-hybridized carbons (Fsp3) is 0.111. The normalized spacial score (nSPS) is 10.1. The third-order valence-corrected chi connectivity index (χ3v) is 3.43. The van der Waals surface area contributed by atoms with Crippen LogP contribution in [0.25, 0.3) is 0 Å². The van der Waals surface area contributed by atoms with Gasteiger partial charge in [-0.15, -0.1) is 0 Å². The third kappa shape index (κ3) is 4.29. The van der Waals surface area contributed by atoms with Crippen LogP contribution in [0.5, 0.6) is 0 Å². The summed E-state index contributed by atoms with van der Waals surface area (Å²) in [5.41, 5.74) is 2.05. The molecule has 2 heterocycles. The van der Waals surface area contributed by atoms with E-state index in [1.807, 2.05) is 18.2 Å². The average Bonchev–Trinajstić information content (AvgIpc) is 2.67. The molecular formula is C18H17N5O2. The van der Waals surface area contributed by atoms with Crippen LogP contribution in [0.2, 0.25) is 0 Å². The highest BCUT2D eigenvalue weighted by atomic mass is 16.5. The van der Waals surface area contributed by atoms with E-state index in [4.69, 9.17) is 4.74 Å². The number of hydrogen-bond acceptors (Lipinski definition) is 7.